The van der Waals surface area contributed by atoms with Crippen LogP contribution in [-0.4, -0.2) is 75.6 Å². The molecule has 1 aliphatic heterocycles. The van der Waals surface area contributed by atoms with Crippen LogP contribution in [0.4, 0.5) is 0 Å². The molecule has 0 spiro atoms. The SMILES string of the molecule is C[C@H]1CN([C@@H](C)CO)C(=O)c2cc(-c3cccnc3)cnc2O[C@H]1CN(C)C(=O)C1CCCCC1. The summed E-state index contributed by atoms with van der Waals surface area (Å²) in [4.78, 5) is 38.8. The van der Waals surface area contributed by atoms with E-state index < -0.39 is 0 Å². The number of carbonyl (C=O) groups is 2. The van der Waals surface area contributed by atoms with E-state index in [1.54, 1.807) is 34.5 Å². The second kappa shape index (κ2) is 11.2. The Balaban J connectivity index is 1.64. The highest BCUT2D eigenvalue weighted by Gasteiger charge is 2.35. The zero-order valence-corrected chi connectivity index (χ0v) is 20.9. The van der Waals surface area contributed by atoms with Gasteiger partial charge in [-0.25, -0.2) is 4.98 Å². The van der Waals surface area contributed by atoms with Gasteiger partial charge < -0.3 is 19.6 Å². The normalized spacial score (nSPS) is 21.9. The molecule has 8 nitrogen and oxygen atoms in total. The second-order valence-electron chi connectivity index (χ2n) is 9.99. The minimum Gasteiger partial charge on any atom is -0.472 e. The van der Waals surface area contributed by atoms with E-state index in [4.69, 9.17) is 4.74 Å². The maximum absolute atomic E-state index is 13.6. The van der Waals surface area contributed by atoms with Crippen molar-refractivity contribution in [2.45, 2.75) is 58.1 Å². The summed E-state index contributed by atoms with van der Waals surface area (Å²) in [6, 6.07) is 5.17. The number of hydrogen-bond donors (Lipinski definition) is 1. The first-order valence-electron chi connectivity index (χ1n) is 12.6. The van der Waals surface area contributed by atoms with Gasteiger partial charge in [0.15, 0.2) is 0 Å². The fourth-order valence-electron chi connectivity index (χ4n) is 5.03. The maximum atomic E-state index is 13.6. The van der Waals surface area contributed by atoms with Gasteiger partial charge in [-0.15, -0.1) is 0 Å². The van der Waals surface area contributed by atoms with Crippen LogP contribution in [0.3, 0.4) is 0 Å². The van der Waals surface area contributed by atoms with Crippen molar-refractivity contribution in [2.75, 3.05) is 26.7 Å². The molecule has 2 aromatic heterocycles. The van der Waals surface area contributed by atoms with Crippen molar-refractivity contribution in [3.05, 3.63) is 42.4 Å². The lowest BCUT2D eigenvalue weighted by molar-refractivity contribution is -0.136. The summed E-state index contributed by atoms with van der Waals surface area (Å²) in [6.45, 7) is 4.53. The molecule has 4 rings (SSSR count). The summed E-state index contributed by atoms with van der Waals surface area (Å²) < 4.78 is 6.35. The molecule has 0 saturated heterocycles. The highest BCUT2D eigenvalue weighted by molar-refractivity contribution is 5.98. The molecular weight excluding hydrogens is 444 g/mol. The van der Waals surface area contributed by atoms with E-state index in [0.717, 1.165) is 36.8 Å². The Hall–Kier alpha value is -3.00. The molecule has 2 aromatic rings. The van der Waals surface area contributed by atoms with Gasteiger partial charge in [0.2, 0.25) is 11.8 Å². The Morgan fingerprint density at radius 1 is 1.26 bits per heavy atom. The van der Waals surface area contributed by atoms with Gasteiger partial charge in [0.1, 0.15) is 11.7 Å². The first-order chi connectivity index (χ1) is 16.9. The summed E-state index contributed by atoms with van der Waals surface area (Å²) >= 11 is 0. The Bertz CT molecular complexity index is 1030. The molecule has 2 amide bonds. The number of likely N-dealkylation sites (N-methyl/N-ethyl adjacent to an activating group) is 1. The van der Waals surface area contributed by atoms with Gasteiger partial charge in [0, 0.05) is 55.1 Å². The summed E-state index contributed by atoms with van der Waals surface area (Å²) in [5.74, 6) is 0.212. The fourth-order valence-corrected chi connectivity index (χ4v) is 5.03. The van der Waals surface area contributed by atoms with Crippen LogP contribution in [0.5, 0.6) is 5.88 Å². The zero-order chi connectivity index (χ0) is 24.9. The quantitative estimate of drug-likeness (QED) is 0.681. The third-order valence-corrected chi connectivity index (χ3v) is 7.30. The lowest BCUT2D eigenvalue weighted by Crippen LogP contribution is -2.51. The van der Waals surface area contributed by atoms with Gasteiger partial charge >= 0.3 is 0 Å². The summed E-state index contributed by atoms with van der Waals surface area (Å²) in [5.41, 5.74) is 1.96. The first-order valence-corrected chi connectivity index (χ1v) is 12.6. The molecule has 1 saturated carbocycles. The molecule has 0 bridgehead atoms. The van der Waals surface area contributed by atoms with Gasteiger partial charge in [-0.05, 0) is 31.9 Å². The van der Waals surface area contributed by atoms with Crippen molar-refractivity contribution in [1.82, 2.24) is 19.8 Å². The molecule has 3 heterocycles. The molecule has 1 aliphatic carbocycles. The number of ether oxygens (including phenoxy) is 1. The van der Waals surface area contributed by atoms with Crippen LogP contribution < -0.4 is 4.74 Å². The number of carbonyl (C=O) groups excluding carboxylic acids is 2. The number of rotatable bonds is 6. The second-order valence-corrected chi connectivity index (χ2v) is 9.99. The Morgan fingerprint density at radius 3 is 2.71 bits per heavy atom. The lowest BCUT2D eigenvalue weighted by Gasteiger charge is -2.38. The molecule has 1 N–H and O–H groups in total. The van der Waals surface area contributed by atoms with Crippen LogP contribution in [0.2, 0.25) is 0 Å². The molecule has 1 fully saturated rings. The van der Waals surface area contributed by atoms with Crippen molar-refractivity contribution in [2.24, 2.45) is 11.8 Å². The lowest BCUT2D eigenvalue weighted by atomic mass is 9.88. The van der Waals surface area contributed by atoms with Gasteiger partial charge in [-0.1, -0.05) is 32.3 Å². The predicted molar refractivity (Wildman–Crippen MR) is 133 cm³/mol. The largest absolute Gasteiger partial charge is 0.472 e. The van der Waals surface area contributed by atoms with E-state index in [2.05, 4.69) is 9.97 Å². The van der Waals surface area contributed by atoms with Crippen LogP contribution in [0.15, 0.2) is 36.8 Å². The van der Waals surface area contributed by atoms with E-state index in [-0.39, 0.29) is 48.3 Å². The van der Waals surface area contributed by atoms with E-state index in [9.17, 15) is 14.7 Å². The van der Waals surface area contributed by atoms with E-state index in [1.165, 1.54) is 6.42 Å². The zero-order valence-electron chi connectivity index (χ0n) is 20.9. The number of hydrogen-bond acceptors (Lipinski definition) is 6. The van der Waals surface area contributed by atoms with Crippen molar-refractivity contribution in [1.29, 1.82) is 0 Å². The topological polar surface area (TPSA) is 95.9 Å². The van der Waals surface area contributed by atoms with Gasteiger partial charge in [-0.3, -0.25) is 14.6 Å². The molecule has 3 atom stereocenters. The number of nitrogens with zero attached hydrogens (tertiary/aromatic N) is 4. The van der Waals surface area contributed by atoms with Crippen molar-refractivity contribution in [3.63, 3.8) is 0 Å². The van der Waals surface area contributed by atoms with Crippen LogP contribution >= 0.6 is 0 Å². The molecule has 2 aliphatic rings. The van der Waals surface area contributed by atoms with Crippen LogP contribution in [0.25, 0.3) is 11.1 Å². The highest BCUT2D eigenvalue weighted by Crippen LogP contribution is 2.31. The van der Waals surface area contributed by atoms with E-state index >= 15 is 0 Å². The Labute approximate surface area is 207 Å². The standard InChI is InChI=1S/C27H36N4O4/c1-18-15-31(19(2)17-32)27(34)23-12-22(21-10-7-11-28-13-21)14-29-25(23)35-24(18)16-30(3)26(33)20-8-5-4-6-9-20/h7,10-14,18-20,24,32H,4-6,8-9,15-17H2,1-3H3/t18-,19-,24-/m0/s1. The van der Waals surface area contributed by atoms with E-state index in [1.807, 2.05) is 33.0 Å². The minimum atomic E-state index is -0.361. The number of fused-ring (bicyclic) bond motifs is 1. The average molecular weight is 481 g/mol. The number of aliphatic hydroxyl groups excluding tert-OH is 1. The van der Waals surface area contributed by atoms with Gasteiger partial charge in [0.05, 0.1) is 19.2 Å². The molecule has 0 unspecified atom stereocenters. The smallest absolute Gasteiger partial charge is 0.259 e. The third-order valence-electron chi connectivity index (χ3n) is 7.30. The molecule has 35 heavy (non-hydrogen) atoms. The summed E-state index contributed by atoms with van der Waals surface area (Å²) in [7, 11) is 1.84. The molecule has 8 heteroatoms. The van der Waals surface area contributed by atoms with E-state index in [0.29, 0.717) is 18.7 Å². The van der Waals surface area contributed by atoms with Gasteiger partial charge in [0.25, 0.3) is 5.91 Å². The number of amides is 2. The number of pyridine rings is 2. The van der Waals surface area contributed by atoms with Gasteiger partial charge in [-0.2, -0.15) is 0 Å². The number of aliphatic hydroxyl groups is 1. The molecule has 0 aromatic carbocycles. The van der Waals surface area contributed by atoms with Crippen LogP contribution in [0.1, 0.15) is 56.3 Å². The molecule has 188 valence electrons. The Kier molecular flexibility index (Phi) is 8.00. The maximum Gasteiger partial charge on any atom is 0.259 e. The minimum absolute atomic E-state index is 0.0671. The van der Waals surface area contributed by atoms with Crippen molar-refractivity contribution >= 4 is 11.8 Å². The number of aromatic nitrogens is 2. The van der Waals surface area contributed by atoms with Crippen LogP contribution in [0, 0.1) is 11.8 Å². The monoisotopic (exact) mass is 480 g/mol. The fraction of sp³-hybridized carbons (Fsp3) is 0.556. The summed E-state index contributed by atoms with van der Waals surface area (Å²) in [5, 5.41) is 9.86. The molecule has 0 radical (unpaired) electrons. The summed E-state index contributed by atoms with van der Waals surface area (Å²) in [6.07, 6.45) is 10.1. The third kappa shape index (κ3) is 5.64. The Morgan fingerprint density at radius 2 is 2.03 bits per heavy atom. The highest BCUT2D eigenvalue weighted by atomic mass is 16.5. The molecular formula is C27H36N4O4. The first kappa shape index (κ1) is 25.1. The van der Waals surface area contributed by atoms with Crippen LogP contribution in [-0.2, 0) is 4.79 Å². The predicted octanol–water partition coefficient (Wildman–Crippen LogP) is 3.40. The van der Waals surface area contributed by atoms with Crippen molar-refractivity contribution < 1.29 is 19.4 Å². The van der Waals surface area contributed by atoms with Crippen molar-refractivity contribution in [3.8, 4) is 17.0 Å². The average Bonchev–Trinajstić information content (AvgIpc) is 2.90.